The fraction of sp³-hybridized carbons (Fsp3) is 0.179. The molecule has 37 heavy (non-hydrogen) atoms. The largest absolute Gasteiger partial charge is 0.504 e. The van der Waals surface area contributed by atoms with Crippen molar-refractivity contribution in [1.82, 2.24) is 14.7 Å². The van der Waals surface area contributed by atoms with Crippen molar-refractivity contribution in [2.75, 3.05) is 13.2 Å². The predicted molar refractivity (Wildman–Crippen MR) is 137 cm³/mol. The Labute approximate surface area is 211 Å². The first-order valence-electron chi connectivity index (χ1n) is 11.8. The van der Waals surface area contributed by atoms with Gasteiger partial charge in [0.25, 0.3) is 5.56 Å². The topological polar surface area (TPSA) is 133 Å². The number of ether oxygens (including phenoxy) is 1. The van der Waals surface area contributed by atoms with Crippen LogP contribution < -0.4 is 15.6 Å². The molecule has 1 aliphatic heterocycles. The van der Waals surface area contributed by atoms with Crippen molar-refractivity contribution in [3.63, 3.8) is 0 Å². The van der Waals surface area contributed by atoms with E-state index in [1.165, 1.54) is 16.5 Å². The molecule has 0 aliphatic carbocycles. The van der Waals surface area contributed by atoms with Gasteiger partial charge in [0.2, 0.25) is 11.8 Å². The third-order valence-corrected chi connectivity index (χ3v) is 6.36. The normalized spacial score (nSPS) is 13.4. The minimum Gasteiger partial charge on any atom is -0.504 e. The van der Waals surface area contributed by atoms with Crippen LogP contribution in [0.4, 0.5) is 0 Å². The van der Waals surface area contributed by atoms with Gasteiger partial charge in [-0.2, -0.15) is 4.98 Å². The molecule has 5 rings (SSSR count). The molecule has 2 aromatic carbocycles. The summed E-state index contributed by atoms with van der Waals surface area (Å²) in [5, 5.41) is 32.8. The first-order chi connectivity index (χ1) is 17.9. The number of phenols is 2. The standard InChI is InChI=1S/C28H25N3O6/c32-21-9-8-17(13-22(21)33)10-11-29-25(34)15-20(19-14-18-5-1-2-6-23(18)37-16-19)26-27(35)30-24-7-3-4-12-31(24)28(26)36/h1-9,12-14,20,32-33,35H,10-11,15-16H2,(H,29,34)/t20-/m1/s1. The Morgan fingerprint density at radius 1 is 1.05 bits per heavy atom. The number of fused-ring (bicyclic) bond motifs is 2. The van der Waals surface area contributed by atoms with Gasteiger partial charge >= 0.3 is 0 Å². The summed E-state index contributed by atoms with van der Waals surface area (Å²) in [6.07, 6.45) is 3.77. The van der Waals surface area contributed by atoms with Crippen molar-refractivity contribution < 1.29 is 24.9 Å². The molecule has 0 fully saturated rings. The van der Waals surface area contributed by atoms with E-state index in [1.54, 1.807) is 30.5 Å². The SMILES string of the molecule is O=C(C[C@H](C1=Cc2ccccc2OC1)c1c(O)nc2ccccn2c1=O)NCCc1ccc(O)c(O)c1. The number of rotatable bonds is 7. The van der Waals surface area contributed by atoms with Gasteiger partial charge in [-0.1, -0.05) is 30.3 Å². The Bertz CT molecular complexity index is 1580. The molecular weight excluding hydrogens is 474 g/mol. The zero-order chi connectivity index (χ0) is 25.9. The first-order valence-corrected chi connectivity index (χ1v) is 11.8. The number of amides is 1. The highest BCUT2D eigenvalue weighted by atomic mass is 16.5. The molecule has 1 atom stereocenters. The van der Waals surface area contributed by atoms with Crippen molar-refractivity contribution in [3.8, 4) is 23.1 Å². The van der Waals surface area contributed by atoms with Crippen LogP contribution in [-0.4, -0.2) is 43.8 Å². The minimum atomic E-state index is -0.775. The fourth-order valence-electron chi connectivity index (χ4n) is 4.48. The van der Waals surface area contributed by atoms with E-state index in [2.05, 4.69) is 10.3 Å². The summed E-state index contributed by atoms with van der Waals surface area (Å²) in [5.41, 5.74) is 2.09. The van der Waals surface area contributed by atoms with Crippen LogP contribution in [0.5, 0.6) is 23.1 Å². The molecular formula is C28H25N3O6. The molecule has 9 nitrogen and oxygen atoms in total. The van der Waals surface area contributed by atoms with E-state index in [0.29, 0.717) is 23.4 Å². The number of phenolic OH excluding ortho intramolecular Hbond substituents is 2. The summed E-state index contributed by atoms with van der Waals surface area (Å²) >= 11 is 0. The molecule has 3 heterocycles. The molecule has 0 radical (unpaired) electrons. The van der Waals surface area contributed by atoms with Crippen LogP contribution in [0.2, 0.25) is 0 Å². The van der Waals surface area contributed by atoms with Crippen LogP contribution in [0, 0.1) is 0 Å². The number of aromatic hydroxyl groups is 3. The molecule has 2 aromatic heterocycles. The Morgan fingerprint density at radius 2 is 1.86 bits per heavy atom. The van der Waals surface area contributed by atoms with Crippen molar-refractivity contribution in [2.45, 2.75) is 18.8 Å². The summed E-state index contributed by atoms with van der Waals surface area (Å²) in [7, 11) is 0. The van der Waals surface area contributed by atoms with Gasteiger partial charge < -0.3 is 25.4 Å². The lowest BCUT2D eigenvalue weighted by Crippen LogP contribution is -2.31. The zero-order valence-corrected chi connectivity index (χ0v) is 19.8. The summed E-state index contributed by atoms with van der Waals surface area (Å²) in [5.74, 6) is -1.27. The molecule has 4 aromatic rings. The van der Waals surface area contributed by atoms with Gasteiger partial charge in [-0.15, -0.1) is 0 Å². The van der Waals surface area contributed by atoms with Gasteiger partial charge in [-0.05, 0) is 54.0 Å². The Morgan fingerprint density at radius 3 is 2.70 bits per heavy atom. The van der Waals surface area contributed by atoms with Crippen LogP contribution in [0.1, 0.15) is 29.0 Å². The van der Waals surface area contributed by atoms with Crippen LogP contribution in [-0.2, 0) is 11.2 Å². The molecule has 1 amide bonds. The van der Waals surface area contributed by atoms with Gasteiger partial charge in [0.15, 0.2) is 11.5 Å². The average Bonchev–Trinajstić information content (AvgIpc) is 2.90. The van der Waals surface area contributed by atoms with E-state index >= 15 is 0 Å². The number of pyridine rings is 1. The van der Waals surface area contributed by atoms with Crippen molar-refractivity contribution >= 4 is 17.6 Å². The highest BCUT2D eigenvalue weighted by Crippen LogP contribution is 2.36. The van der Waals surface area contributed by atoms with Crippen LogP contribution in [0.25, 0.3) is 11.7 Å². The molecule has 188 valence electrons. The molecule has 1 aliphatic rings. The number of carbonyl (C=O) groups excluding carboxylic acids is 1. The third-order valence-electron chi connectivity index (χ3n) is 6.36. The van der Waals surface area contributed by atoms with Crippen LogP contribution in [0.15, 0.2) is 77.2 Å². The second-order valence-corrected chi connectivity index (χ2v) is 8.81. The zero-order valence-electron chi connectivity index (χ0n) is 19.8. The van der Waals surface area contributed by atoms with E-state index in [4.69, 9.17) is 4.74 Å². The summed E-state index contributed by atoms with van der Waals surface area (Å²) in [6.45, 7) is 0.424. The number of para-hydroxylation sites is 1. The molecule has 0 spiro atoms. The van der Waals surface area contributed by atoms with Crippen LogP contribution >= 0.6 is 0 Å². The Kier molecular flexibility index (Phi) is 6.51. The van der Waals surface area contributed by atoms with Crippen molar-refractivity contribution in [2.24, 2.45) is 0 Å². The molecule has 0 bridgehead atoms. The number of hydrogen-bond acceptors (Lipinski definition) is 7. The number of benzene rings is 2. The van der Waals surface area contributed by atoms with E-state index in [-0.39, 0.29) is 42.5 Å². The van der Waals surface area contributed by atoms with Gasteiger partial charge in [0.05, 0.1) is 5.56 Å². The second-order valence-electron chi connectivity index (χ2n) is 8.81. The van der Waals surface area contributed by atoms with Gasteiger partial charge in [-0.25, -0.2) is 0 Å². The number of carbonyl (C=O) groups is 1. The summed E-state index contributed by atoms with van der Waals surface area (Å²) in [4.78, 5) is 30.7. The van der Waals surface area contributed by atoms with Gasteiger partial charge in [0.1, 0.15) is 18.0 Å². The highest BCUT2D eigenvalue weighted by Gasteiger charge is 2.30. The lowest BCUT2D eigenvalue weighted by molar-refractivity contribution is -0.121. The monoisotopic (exact) mass is 499 g/mol. The summed E-state index contributed by atoms with van der Waals surface area (Å²) in [6, 6.07) is 17.0. The minimum absolute atomic E-state index is 0.0246. The predicted octanol–water partition coefficient (Wildman–Crippen LogP) is 3.12. The smallest absolute Gasteiger partial charge is 0.265 e. The van der Waals surface area contributed by atoms with E-state index in [1.807, 2.05) is 30.3 Å². The maximum atomic E-state index is 13.4. The maximum absolute atomic E-state index is 13.4. The van der Waals surface area contributed by atoms with Gasteiger partial charge in [0, 0.05) is 30.6 Å². The number of hydrogen-bond donors (Lipinski definition) is 4. The highest BCUT2D eigenvalue weighted by molar-refractivity contribution is 5.78. The number of nitrogens with zero attached hydrogens (tertiary/aromatic N) is 2. The number of nitrogens with one attached hydrogen (secondary N) is 1. The lowest BCUT2D eigenvalue weighted by Gasteiger charge is -2.25. The molecule has 0 unspecified atom stereocenters. The molecule has 0 saturated carbocycles. The van der Waals surface area contributed by atoms with Crippen molar-refractivity contribution in [3.05, 3.63) is 99.5 Å². The Hall–Kier alpha value is -4.79. The fourth-order valence-corrected chi connectivity index (χ4v) is 4.48. The number of aromatic nitrogens is 2. The van der Waals surface area contributed by atoms with E-state index < -0.39 is 17.4 Å². The third kappa shape index (κ3) is 4.97. The quantitative estimate of drug-likeness (QED) is 0.287. The average molecular weight is 500 g/mol. The second kappa shape index (κ2) is 10.1. The van der Waals surface area contributed by atoms with Crippen molar-refractivity contribution in [1.29, 1.82) is 0 Å². The first kappa shape index (κ1) is 23.9. The Balaban J connectivity index is 1.44. The summed E-state index contributed by atoms with van der Waals surface area (Å²) < 4.78 is 7.23. The molecule has 9 heteroatoms. The van der Waals surface area contributed by atoms with E-state index in [0.717, 1.165) is 11.1 Å². The molecule has 0 saturated heterocycles. The van der Waals surface area contributed by atoms with Gasteiger partial charge in [-0.3, -0.25) is 14.0 Å². The molecule has 4 N–H and O–H groups in total. The maximum Gasteiger partial charge on any atom is 0.265 e. The van der Waals surface area contributed by atoms with Crippen LogP contribution in [0.3, 0.4) is 0 Å². The van der Waals surface area contributed by atoms with E-state index in [9.17, 15) is 24.9 Å². The lowest BCUT2D eigenvalue weighted by atomic mass is 9.87.